The molecule has 0 aromatic heterocycles. The van der Waals surface area contributed by atoms with Gasteiger partial charge in [-0.1, -0.05) is 30.4 Å². The Kier molecular flexibility index (Phi) is 5.22. The second kappa shape index (κ2) is 6.97. The van der Waals surface area contributed by atoms with E-state index < -0.39 is 17.1 Å². The summed E-state index contributed by atoms with van der Waals surface area (Å²) in [6, 6.07) is 11.2. The molecule has 0 aliphatic rings. The molecule has 0 saturated carbocycles. The number of nitrogens with two attached hydrogens (primary N) is 1. The molecular weight excluding hydrogens is 317 g/mol. The predicted octanol–water partition coefficient (Wildman–Crippen LogP) is 0.193. The van der Waals surface area contributed by atoms with Crippen LogP contribution >= 0.6 is 0 Å². The van der Waals surface area contributed by atoms with E-state index in [0.29, 0.717) is 5.56 Å². The van der Waals surface area contributed by atoms with Gasteiger partial charge in [-0.2, -0.15) is 0 Å². The summed E-state index contributed by atoms with van der Waals surface area (Å²) in [6.07, 6.45) is 3.41. The van der Waals surface area contributed by atoms with E-state index in [4.69, 9.17) is 9.88 Å². The summed E-state index contributed by atoms with van der Waals surface area (Å²) < 4.78 is 28.0. The zero-order valence-corrected chi connectivity index (χ0v) is 13.2. The lowest BCUT2D eigenvalue weighted by Gasteiger charge is -2.06. The molecule has 0 aliphatic carbocycles. The number of primary sulfonamides is 1. The fraction of sp³-hybridized carbons (Fsp3) is 0.0667. The lowest BCUT2D eigenvalue weighted by molar-refractivity contribution is 0.415. The highest BCUT2D eigenvalue weighted by molar-refractivity contribution is 7.89. The van der Waals surface area contributed by atoms with Crippen LogP contribution in [0.4, 0.5) is 0 Å². The van der Waals surface area contributed by atoms with Gasteiger partial charge in [-0.15, -0.1) is 0 Å². The van der Waals surface area contributed by atoms with Crippen molar-refractivity contribution in [2.75, 3.05) is 7.11 Å². The minimum atomic E-state index is -3.95. The Labute approximate surface area is 135 Å². The van der Waals surface area contributed by atoms with Gasteiger partial charge < -0.3 is 14.8 Å². The van der Waals surface area contributed by atoms with Crippen LogP contribution in [0, 0.1) is 0 Å². The topological polar surface area (TPSA) is 110 Å². The third-order valence-corrected chi connectivity index (χ3v) is 4.05. The zero-order valence-electron chi connectivity index (χ0n) is 12.4. The molecule has 2 rings (SSSR count). The number of benzene rings is 2. The monoisotopic (exact) mass is 333 g/mol. The molecule has 120 valence electrons. The minimum absolute atomic E-state index is 0.0471. The lowest BCUT2D eigenvalue weighted by atomic mass is 9.79. The fourth-order valence-corrected chi connectivity index (χ4v) is 2.56. The molecule has 0 atom stereocenters. The van der Waals surface area contributed by atoms with Crippen molar-refractivity contribution in [1.82, 2.24) is 0 Å². The Morgan fingerprint density at radius 2 is 1.65 bits per heavy atom. The molecule has 2 aromatic carbocycles. The highest BCUT2D eigenvalue weighted by atomic mass is 32.2. The Balaban J connectivity index is 2.37. The van der Waals surface area contributed by atoms with Gasteiger partial charge in [0.25, 0.3) is 0 Å². The number of hydrogen-bond donors (Lipinski definition) is 3. The summed E-state index contributed by atoms with van der Waals surface area (Å²) >= 11 is 0. The van der Waals surface area contributed by atoms with Crippen molar-refractivity contribution in [1.29, 1.82) is 0 Å². The Morgan fingerprint density at radius 3 is 2.17 bits per heavy atom. The summed E-state index contributed by atoms with van der Waals surface area (Å²) in [7, 11) is -4.16. The minimum Gasteiger partial charge on any atom is -0.497 e. The van der Waals surface area contributed by atoms with E-state index in [0.717, 1.165) is 17.4 Å². The number of ether oxygens (including phenoxy) is 1. The first-order valence-electron chi connectivity index (χ1n) is 6.65. The largest absolute Gasteiger partial charge is 0.497 e. The average Bonchev–Trinajstić information content (AvgIpc) is 2.52. The van der Waals surface area contributed by atoms with Crippen LogP contribution in [0.1, 0.15) is 11.1 Å². The van der Waals surface area contributed by atoms with Crippen molar-refractivity contribution < 1.29 is 23.2 Å². The molecule has 0 fully saturated rings. The van der Waals surface area contributed by atoms with Crippen molar-refractivity contribution >= 4 is 34.8 Å². The van der Waals surface area contributed by atoms with E-state index >= 15 is 0 Å². The molecule has 0 aliphatic heterocycles. The van der Waals surface area contributed by atoms with Gasteiger partial charge in [0.15, 0.2) is 0 Å². The van der Waals surface area contributed by atoms with Crippen LogP contribution in [0.5, 0.6) is 5.75 Å². The van der Waals surface area contributed by atoms with Gasteiger partial charge >= 0.3 is 7.12 Å². The summed E-state index contributed by atoms with van der Waals surface area (Å²) in [4.78, 5) is -0.183. The van der Waals surface area contributed by atoms with Gasteiger partial charge in [0.2, 0.25) is 10.0 Å². The molecule has 0 amide bonds. The summed E-state index contributed by atoms with van der Waals surface area (Å²) in [5.74, 6) is 0.726. The van der Waals surface area contributed by atoms with Gasteiger partial charge in [-0.25, -0.2) is 13.6 Å². The maximum Gasteiger partial charge on any atom is 0.488 e. The van der Waals surface area contributed by atoms with Gasteiger partial charge in [-0.3, -0.25) is 0 Å². The van der Waals surface area contributed by atoms with Crippen molar-refractivity contribution in [3.8, 4) is 5.75 Å². The number of hydrogen-bond acceptors (Lipinski definition) is 5. The van der Waals surface area contributed by atoms with E-state index in [1.807, 2.05) is 12.1 Å². The van der Waals surface area contributed by atoms with E-state index in [2.05, 4.69) is 0 Å². The predicted molar refractivity (Wildman–Crippen MR) is 89.6 cm³/mol. The molecular formula is C15H16BNO5S. The summed E-state index contributed by atoms with van der Waals surface area (Å²) in [5, 5.41) is 23.6. The van der Waals surface area contributed by atoms with E-state index in [9.17, 15) is 18.5 Å². The van der Waals surface area contributed by atoms with Crippen molar-refractivity contribution in [3.63, 3.8) is 0 Å². The first kappa shape index (κ1) is 17.2. The molecule has 8 heteroatoms. The van der Waals surface area contributed by atoms with Crippen LogP contribution in [0.2, 0.25) is 0 Å². The van der Waals surface area contributed by atoms with Gasteiger partial charge in [0.05, 0.1) is 12.0 Å². The molecule has 0 heterocycles. The van der Waals surface area contributed by atoms with E-state index in [1.165, 1.54) is 12.1 Å². The van der Waals surface area contributed by atoms with Crippen molar-refractivity contribution in [3.05, 3.63) is 53.6 Å². The molecule has 4 N–H and O–H groups in total. The first-order valence-corrected chi connectivity index (χ1v) is 8.20. The van der Waals surface area contributed by atoms with Gasteiger partial charge in [-0.05, 0) is 40.9 Å². The fourth-order valence-electron chi connectivity index (χ4n) is 1.96. The summed E-state index contributed by atoms with van der Waals surface area (Å²) in [5.41, 5.74) is 1.40. The Bertz CT molecular complexity index is 816. The highest BCUT2D eigenvalue weighted by Crippen LogP contribution is 2.15. The van der Waals surface area contributed by atoms with Crippen molar-refractivity contribution in [2.24, 2.45) is 5.14 Å². The second-order valence-corrected chi connectivity index (χ2v) is 6.42. The van der Waals surface area contributed by atoms with Gasteiger partial charge in [0.1, 0.15) is 5.75 Å². The second-order valence-electron chi connectivity index (χ2n) is 4.86. The molecule has 0 bridgehead atoms. The third-order valence-electron chi connectivity index (χ3n) is 3.16. The Hall–Kier alpha value is -2.13. The van der Waals surface area contributed by atoms with Gasteiger partial charge in [0, 0.05) is 0 Å². The van der Waals surface area contributed by atoms with Crippen LogP contribution in [0.15, 0.2) is 47.4 Å². The van der Waals surface area contributed by atoms with Crippen LogP contribution < -0.4 is 15.3 Å². The van der Waals surface area contributed by atoms with Crippen LogP contribution in [-0.2, 0) is 10.0 Å². The SMILES string of the molecule is COc1ccc(/C=C/c2cc(B(O)O)cc(S(N)(=O)=O)c2)cc1. The zero-order chi connectivity index (χ0) is 17.0. The lowest BCUT2D eigenvalue weighted by Crippen LogP contribution is -2.31. The molecule has 2 aromatic rings. The molecule has 0 saturated heterocycles. The van der Waals surface area contributed by atoms with Crippen LogP contribution in [-0.4, -0.2) is 32.7 Å². The average molecular weight is 333 g/mol. The number of sulfonamides is 1. The molecule has 0 spiro atoms. The van der Waals surface area contributed by atoms with Crippen LogP contribution in [0.25, 0.3) is 12.2 Å². The molecule has 0 unspecified atom stereocenters. The Morgan fingerprint density at radius 1 is 1.04 bits per heavy atom. The highest BCUT2D eigenvalue weighted by Gasteiger charge is 2.16. The molecule has 0 radical (unpaired) electrons. The smallest absolute Gasteiger partial charge is 0.488 e. The quantitative estimate of drug-likeness (QED) is 0.535. The maximum absolute atomic E-state index is 11.5. The molecule has 23 heavy (non-hydrogen) atoms. The first-order chi connectivity index (χ1) is 10.8. The van der Waals surface area contributed by atoms with E-state index in [1.54, 1.807) is 31.4 Å². The maximum atomic E-state index is 11.5. The normalized spacial score (nSPS) is 11.7. The van der Waals surface area contributed by atoms with Crippen molar-refractivity contribution in [2.45, 2.75) is 4.90 Å². The molecule has 6 nitrogen and oxygen atoms in total. The standard InChI is InChI=1S/C15H16BNO5S/c1-22-14-6-4-11(5-7-14)2-3-12-8-13(16(18)19)10-15(9-12)23(17,20)21/h2-10,18-19H,1H3,(H2,17,20,21)/b3-2+. The third kappa shape index (κ3) is 4.67. The van der Waals surface area contributed by atoms with E-state index in [-0.39, 0.29) is 10.4 Å². The number of rotatable bonds is 5. The summed E-state index contributed by atoms with van der Waals surface area (Å²) in [6.45, 7) is 0. The number of methoxy groups -OCH3 is 1. The van der Waals surface area contributed by atoms with Crippen LogP contribution in [0.3, 0.4) is 0 Å².